The maximum atomic E-state index is 13.1. The number of hydrogen-bond acceptors (Lipinski definition) is 2. The zero-order chi connectivity index (χ0) is 16.8. The molecule has 24 heavy (non-hydrogen) atoms. The van der Waals surface area contributed by atoms with Gasteiger partial charge in [-0.3, -0.25) is 9.78 Å². The highest BCUT2D eigenvalue weighted by Crippen LogP contribution is 2.16. The summed E-state index contributed by atoms with van der Waals surface area (Å²) in [4.78, 5) is 16.3. The molecule has 1 aromatic heterocycles. The third-order valence-corrected chi connectivity index (χ3v) is 3.68. The Labute approximate surface area is 139 Å². The van der Waals surface area contributed by atoms with Gasteiger partial charge in [0.25, 0.3) is 0 Å². The Morgan fingerprint density at radius 3 is 2.83 bits per heavy atom. The molecule has 0 bridgehead atoms. The molecule has 0 aliphatic heterocycles. The molecule has 3 aromatic rings. The van der Waals surface area contributed by atoms with E-state index in [1.54, 1.807) is 18.3 Å². The number of amides is 1. The van der Waals surface area contributed by atoms with E-state index in [2.05, 4.69) is 10.3 Å². The first kappa shape index (κ1) is 15.9. The summed E-state index contributed by atoms with van der Waals surface area (Å²) in [6.07, 6.45) is 5.58. The normalized spacial score (nSPS) is 11.0. The predicted octanol–water partition coefficient (Wildman–Crippen LogP) is 3.75. The lowest BCUT2D eigenvalue weighted by atomic mass is 10.1. The van der Waals surface area contributed by atoms with Crippen LogP contribution in [-0.4, -0.2) is 17.4 Å². The number of aromatic nitrogens is 1. The first-order valence-corrected chi connectivity index (χ1v) is 7.76. The number of nitrogens with zero attached hydrogens (tertiary/aromatic N) is 1. The van der Waals surface area contributed by atoms with E-state index in [1.807, 2.05) is 36.4 Å². The summed E-state index contributed by atoms with van der Waals surface area (Å²) in [5, 5.41) is 3.83. The minimum absolute atomic E-state index is 0.181. The van der Waals surface area contributed by atoms with Gasteiger partial charge in [0.15, 0.2) is 0 Å². The largest absolute Gasteiger partial charge is 0.352 e. The Morgan fingerprint density at radius 2 is 1.96 bits per heavy atom. The summed E-state index contributed by atoms with van der Waals surface area (Å²) in [6.45, 7) is 0.459. The quantitative estimate of drug-likeness (QED) is 0.728. The molecule has 0 saturated heterocycles. The zero-order valence-corrected chi connectivity index (χ0v) is 13.1. The van der Waals surface area contributed by atoms with Crippen LogP contribution in [-0.2, 0) is 11.2 Å². The number of para-hydroxylation sites is 1. The van der Waals surface area contributed by atoms with Gasteiger partial charge >= 0.3 is 0 Å². The number of fused-ring (bicyclic) bond motifs is 1. The molecule has 0 saturated carbocycles. The van der Waals surface area contributed by atoms with E-state index in [9.17, 15) is 9.18 Å². The first-order valence-electron chi connectivity index (χ1n) is 7.76. The van der Waals surface area contributed by atoms with Crippen molar-refractivity contribution >= 4 is 22.9 Å². The Morgan fingerprint density at radius 1 is 1.12 bits per heavy atom. The van der Waals surface area contributed by atoms with E-state index in [-0.39, 0.29) is 11.7 Å². The molecule has 0 aliphatic carbocycles. The molecule has 1 heterocycles. The lowest BCUT2D eigenvalue weighted by Gasteiger charge is -2.03. The minimum atomic E-state index is -0.262. The molecular formula is C20H17FN2O. The number of hydrogen-bond donors (Lipinski definition) is 1. The van der Waals surface area contributed by atoms with Gasteiger partial charge in [-0.2, -0.15) is 0 Å². The van der Waals surface area contributed by atoms with Crippen LogP contribution in [0.25, 0.3) is 17.0 Å². The number of pyridine rings is 1. The van der Waals surface area contributed by atoms with Gasteiger partial charge in [-0.1, -0.05) is 36.4 Å². The van der Waals surface area contributed by atoms with Crippen molar-refractivity contribution in [3.05, 3.63) is 83.8 Å². The highest BCUT2D eigenvalue weighted by Gasteiger charge is 2.00. The molecule has 0 radical (unpaired) electrons. The number of carbonyl (C=O) groups excluding carboxylic acids is 1. The minimum Gasteiger partial charge on any atom is -0.352 e. The fourth-order valence-electron chi connectivity index (χ4n) is 2.51. The number of carbonyl (C=O) groups is 1. The van der Waals surface area contributed by atoms with Gasteiger partial charge < -0.3 is 5.32 Å². The van der Waals surface area contributed by atoms with E-state index >= 15 is 0 Å². The van der Waals surface area contributed by atoms with Gasteiger partial charge in [-0.15, -0.1) is 0 Å². The third-order valence-electron chi connectivity index (χ3n) is 3.68. The molecule has 0 fully saturated rings. The lowest BCUT2D eigenvalue weighted by Crippen LogP contribution is -2.23. The molecule has 4 heteroatoms. The highest BCUT2D eigenvalue weighted by molar-refractivity contribution is 5.95. The van der Waals surface area contributed by atoms with E-state index in [4.69, 9.17) is 0 Å². The van der Waals surface area contributed by atoms with Crippen molar-refractivity contribution in [2.24, 2.45) is 0 Å². The van der Waals surface area contributed by atoms with E-state index < -0.39 is 0 Å². The molecular weight excluding hydrogens is 303 g/mol. The molecule has 1 amide bonds. The summed E-state index contributed by atoms with van der Waals surface area (Å²) in [5.41, 5.74) is 2.62. The van der Waals surface area contributed by atoms with Gasteiger partial charge in [0.2, 0.25) is 5.91 Å². The van der Waals surface area contributed by atoms with Gasteiger partial charge in [0, 0.05) is 29.8 Å². The second kappa shape index (κ2) is 7.51. The van der Waals surface area contributed by atoms with Crippen LogP contribution in [0.5, 0.6) is 0 Å². The monoisotopic (exact) mass is 320 g/mol. The van der Waals surface area contributed by atoms with Crippen molar-refractivity contribution in [2.45, 2.75) is 6.42 Å². The van der Waals surface area contributed by atoms with Gasteiger partial charge in [0.05, 0.1) is 5.52 Å². The van der Waals surface area contributed by atoms with E-state index in [0.717, 1.165) is 22.0 Å². The van der Waals surface area contributed by atoms with Crippen LogP contribution >= 0.6 is 0 Å². The van der Waals surface area contributed by atoms with Crippen molar-refractivity contribution in [3.63, 3.8) is 0 Å². The molecule has 3 nitrogen and oxygen atoms in total. The van der Waals surface area contributed by atoms with Crippen LogP contribution in [0.4, 0.5) is 4.39 Å². The van der Waals surface area contributed by atoms with Crippen molar-refractivity contribution in [1.29, 1.82) is 0 Å². The Bertz CT molecular complexity index is 884. The van der Waals surface area contributed by atoms with Gasteiger partial charge in [-0.05, 0) is 36.3 Å². The molecule has 0 aliphatic rings. The van der Waals surface area contributed by atoms with Crippen LogP contribution < -0.4 is 5.32 Å². The molecule has 0 atom stereocenters. The lowest BCUT2D eigenvalue weighted by molar-refractivity contribution is -0.116. The third kappa shape index (κ3) is 4.04. The molecule has 120 valence electrons. The van der Waals surface area contributed by atoms with Crippen LogP contribution in [0, 0.1) is 5.82 Å². The SMILES string of the molecule is O=C(/C=C/c1cccc2cccnc12)NCCc1cccc(F)c1. The molecule has 3 rings (SSSR count). The van der Waals surface area contributed by atoms with Crippen LogP contribution in [0.3, 0.4) is 0 Å². The standard InChI is InChI=1S/C20H17FN2O/c21-18-8-1-4-15(14-18)11-13-22-19(24)10-9-17-6-2-5-16-7-3-12-23-20(16)17/h1-10,12,14H,11,13H2,(H,22,24)/b10-9+. The van der Waals surface area contributed by atoms with Crippen molar-refractivity contribution in [2.75, 3.05) is 6.54 Å². The summed E-state index contributed by atoms with van der Waals surface area (Å²) >= 11 is 0. The smallest absolute Gasteiger partial charge is 0.244 e. The Hall–Kier alpha value is -3.01. The van der Waals surface area contributed by atoms with Crippen LogP contribution in [0.2, 0.25) is 0 Å². The first-order chi connectivity index (χ1) is 11.7. The molecule has 0 spiro atoms. The second-order valence-corrected chi connectivity index (χ2v) is 5.43. The molecule has 0 unspecified atom stereocenters. The van der Waals surface area contributed by atoms with Crippen LogP contribution in [0.1, 0.15) is 11.1 Å². The Kier molecular flexibility index (Phi) is 4.96. The fourth-order valence-corrected chi connectivity index (χ4v) is 2.51. The van der Waals surface area contributed by atoms with E-state index in [1.165, 1.54) is 18.2 Å². The fraction of sp³-hybridized carbons (Fsp3) is 0.100. The summed E-state index contributed by atoms with van der Waals surface area (Å²) < 4.78 is 13.1. The number of rotatable bonds is 5. The number of halogens is 1. The van der Waals surface area contributed by atoms with Crippen molar-refractivity contribution in [3.8, 4) is 0 Å². The number of benzene rings is 2. The summed E-state index contributed by atoms with van der Waals surface area (Å²) in [5.74, 6) is -0.443. The Balaban J connectivity index is 1.59. The predicted molar refractivity (Wildman–Crippen MR) is 93.9 cm³/mol. The maximum absolute atomic E-state index is 13.1. The molecule has 2 aromatic carbocycles. The highest BCUT2D eigenvalue weighted by atomic mass is 19.1. The zero-order valence-electron chi connectivity index (χ0n) is 13.1. The number of nitrogens with one attached hydrogen (secondary N) is 1. The van der Waals surface area contributed by atoms with Crippen molar-refractivity contribution < 1.29 is 9.18 Å². The summed E-state index contributed by atoms with van der Waals surface area (Å²) in [7, 11) is 0. The van der Waals surface area contributed by atoms with Crippen molar-refractivity contribution in [1.82, 2.24) is 10.3 Å². The average molecular weight is 320 g/mol. The second-order valence-electron chi connectivity index (χ2n) is 5.43. The average Bonchev–Trinajstić information content (AvgIpc) is 2.60. The van der Waals surface area contributed by atoms with Gasteiger partial charge in [0.1, 0.15) is 5.82 Å². The van der Waals surface area contributed by atoms with Gasteiger partial charge in [-0.25, -0.2) is 4.39 Å². The molecule has 1 N–H and O–H groups in total. The van der Waals surface area contributed by atoms with E-state index in [0.29, 0.717) is 13.0 Å². The topological polar surface area (TPSA) is 42.0 Å². The maximum Gasteiger partial charge on any atom is 0.244 e. The van der Waals surface area contributed by atoms with Crippen LogP contribution in [0.15, 0.2) is 66.9 Å². The summed E-state index contributed by atoms with van der Waals surface area (Å²) in [6, 6.07) is 16.1.